The smallest absolute Gasteiger partial charge is 0.138 e. The van der Waals surface area contributed by atoms with Crippen LogP contribution >= 0.6 is 11.6 Å². The summed E-state index contributed by atoms with van der Waals surface area (Å²) in [6.45, 7) is 7.30. The summed E-state index contributed by atoms with van der Waals surface area (Å²) in [4.78, 5) is 0. The van der Waals surface area contributed by atoms with Gasteiger partial charge in [-0.15, -0.1) is 0 Å². The highest BCUT2D eigenvalue weighted by molar-refractivity contribution is 6.32. The minimum absolute atomic E-state index is 0.183. The molecule has 0 saturated heterocycles. The summed E-state index contributed by atoms with van der Waals surface area (Å²) in [5, 5.41) is 4.08. The lowest BCUT2D eigenvalue weighted by molar-refractivity contribution is 0.183. The van der Waals surface area contributed by atoms with Crippen molar-refractivity contribution < 1.29 is 4.74 Å². The van der Waals surface area contributed by atoms with Crippen molar-refractivity contribution in [2.24, 2.45) is 0 Å². The van der Waals surface area contributed by atoms with E-state index in [1.54, 1.807) is 0 Å². The summed E-state index contributed by atoms with van der Waals surface area (Å²) in [6, 6.07) is 8.11. The fourth-order valence-electron chi connectivity index (χ4n) is 1.61. The number of halogens is 1. The minimum atomic E-state index is 0.183. The quantitative estimate of drug-likeness (QED) is 0.798. The van der Waals surface area contributed by atoms with Crippen molar-refractivity contribution in [1.82, 2.24) is 5.32 Å². The lowest BCUT2D eigenvalue weighted by Gasteiger charge is -2.21. The average Bonchev–Trinajstić information content (AvgIpc) is 2.29. The van der Waals surface area contributed by atoms with Gasteiger partial charge in [0.2, 0.25) is 0 Å². The predicted octanol–water partition coefficient (Wildman–Crippen LogP) is 3.89. The van der Waals surface area contributed by atoms with E-state index < -0.39 is 0 Å². The molecule has 0 amide bonds. The number of hydrogen-bond donors (Lipinski definition) is 1. The zero-order valence-corrected chi connectivity index (χ0v) is 11.6. The highest BCUT2D eigenvalue weighted by Crippen LogP contribution is 2.24. The molecular weight excluding hydrogens is 234 g/mol. The molecule has 96 valence electrons. The van der Waals surface area contributed by atoms with Crippen LogP contribution in [0.2, 0.25) is 5.02 Å². The summed E-state index contributed by atoms with van der Waals surface area (Å²) in [5.41, 5.74) is 0. The standard InChI is InChI=1S/C14H22ClNO/c1-4-7-12(10-16-11(2)3)17-14-9-6-5-8-13(14)15/h5-6,8-9,11-12,16H,4,7,10H2,1-3H3. The minimum Gasteiger partial charge on any atom is -0.488 e. The molecule has 0 radical (unpaired) electrons. The molecule has 1 rings (SSSR count). The Morgan fingerprint density at radius 1 is 1.29 bits per heavy atom. The average molecular weight is 256 g/mol. The Hall–Kier alpha value is -0.730. The van der Waals surface area contributed by atoms with Crippen LogP contribution in [0.3, 0.4) is 0 Å². The number of hydrogen-bond acceptors (Lipinski definition) is 2. The first-order chi connectivity index (χ1) is 8.13. The molecule has 1 aromatic rings. The van der Waals surface area contributed by atoms with Gasteiger partial charge in [0, 0.05) is 12.6 Å². The Morgan fingerprint density at radius 3 is 2.59 bits per heavy atom. The first kappa shape index (κ1) is 14.3. The van der Waals surface area contributed by atoms with Gasteiger partial charge in [-0.3, -0.25) is 0 Å². The van der Waals surface area contributed by atoms with Crippen LogP contribution in [0.4, 0.5) is 0 Å². The second-order valence-electron chi connectivity index (χ2n) is 4.52. The van der Waals surface area contributed by atoms with Crippen LogP contribution in [-0.4, -0.2) is 18.7 Å². The van der Waals surface area contributed by atoms with E-state index in [4.69, 9.17) is 16.3 Å². The summed E-state index contributed by atoms with van der Waals surface area (Å²) >= 11 is 6.09. The summed E-state index contributed by atoms with van der Waals surface area (Å²) in [7, 11) is 0. The fraction of sp³-hybridized carbons (Fsp3) is 0.571. The molecule has 1 unspecified atom stereocenters. The second kappa shape index (κ2) is 7.57. The maximum atomic E-state index is 6.09. The Balaban J connectivity index is 2.56. The third-order valence-corrected chi connectivity index (χ3v) is 2.81. The van der Waals surface area contributed by atoms with Gasteiger partial charge in [0.05, 0.1) is 5.02 Å². The molecule has 1 N–H and O–H groups in total. The van der Waals surface area contributed by atoms with E-state index in [1.807, 2.05) is 24.3 Å². The zero-order valence-electron chi connectivity index (χ0n) is 10.9. The third kappa shape index (κ3) is 5.42. The largest absolute Gasteiger partial charge is 0.488 e. The number of rotatable bonds is 7. The Kier molecular flexibility index (Phi) is 6.38. The van der Waals surface area contributed by atoms with E-state index in [-0.39, 0.29) is 6.10 Å². The SMILES string of the molecule is CCCC(CNC(C)C)Oc1ccccc1Cl. The molecule has 0 heterocycles. The van der Waals surface area contributed by atoms with E-state index in [9.17, 15) is 0 Å². The number of ether oxygens (including phenoxy) is 1. The first-order valence-corrected chi connectivity index (χ1v) is 6.65. The number of nitrogens with one attached hydrogen (secondary N) is 1. The van der Waals surface area contributed by atoms with Gasteiger partial charge in [-0.1, -0.05) is 50.9 Å². The van der Waals surface area contributed by atoms with Crippen LogP contribution in [0.25, 0.3) is 0 Å². The van der Waals surface area contributed by atoms with Crippen molar-refractivity contribution in [2.75, 3.05) is 6.54 Å². The molecule has 2 nitrogen and oxygen atoms in total. The molecule has 3 heteroatoms. The van der Waals surface area contributed by atoms with Crippen molar-refractivity contribution in [3.8, 4) is 5.75 Å². The molecule has 1 atom stereocenters. The predicted molar refractivity (Wildman–Crippen MR) is 73.9 cm³/mol. The van der Waals surface area contributed by atoms with Crippen LogP contribution in [0, 0.1) is 0 Å². The highest BCUT2D eigenvalue weighted by Gasteiger charge is 2.11. The highest BCUT2D eigenvalue weighted by atomic mass is 35.5. The molecule has 0 spiro atoms. The van der Waals surface area contributed by atoms with Crippen molar-refractivity contribution in [3.63, 3.8) is 0 Å². The molecule has 17 heavy (non-hydrogen) atoms. The summed E-state index contributed by atoms with van der Waals surface area (Å²) in [6.07, 6.45) is 2.32. The Morgan fingerprint density at radius 2 is 2.00 bits per heavy atom. The normalized spacial score (nSPS) is 12.8. The van der Waals surface area contributed by atoms with Crippen molar-refractivity contribution in [1.29, 1.82) is 0 Å². The third-order valence-electron chi connectivity index (χ3n) is 2.49. The molecule has 1 aromatic carbocycles. The van der Waals surface area contributed by atoms with Gasteiger partial charge in [-0.2, -0.15) is 0 Å². The lowest BCUT2D eigenvalue weighted by Crippen LogP contribution is -2.35. The van der Waals surface area contributed by atoms with Crippen molar-refractivity contribution in [2.45, 2.75) is 45.8 Å². The van der Waals surface area contributed by atoms with Crippen molar-refractivity contribution >= 4 is 11.6 Å². The summed E-state index contributed by atoms with van der Waals surface area (Å²) in [5.74, 6) is 0.776. The molecule has 0 aromatic heterocycles. The Labute approximate surface area is 109 Å². The van der Waals surface area contributed by atoms with E-state index >= 15 is 0 Å². The van der Waals surface area contributed by atoms with Crippen LogP contribution < -0.4 is 10.1 Å². The van der Waals surface area contributed by atoms with Crippen LogP contribution in [0.1, 0.15) is 33.6 Å². The maximum absolute atomic E-state index is 6.09. The van der Waals surface area contributed by atoms with Gasteiger partial charge in [-0.25, -0.2) is 0 Å². The van der Waals surface area contributed by atoms with E-state index in [0.29, 0.717) is 11.1 Å². The van der Waals surface area contributed by atoms with Gasteiger partial charge in [-0.05, 0) is 18.6 Å². The summed E-state index contributed by atoms with van der Waals surface area (Å²) < 4.78 is 5.94. The van der Waals surface area contributed by atoms with Gasteiger partial charge < -0.3 is 10.1 Å². The van der Waals surface area contributed by atoms with Crippen molar-refractivity contribution in [3.05, 3.63) is 29.3 Å². The number of benzene rings is 1. The zero-order chi connectivity index (χ0) is 12.7. The van der Waals surface area contributed by atoms with Crippen LogP contribution in [0.5, 0.6) is 5.75 Å². The maximum Gasteiger partial charge on any atom is 0.138 e. The number of para-hydroxylation sites is 1. The molecule has 0 aliphatic rings. The lowest BCUT2D eigenvalue weighted by atomic mass is 10.2. The molecule has 0 bridgehead atoms. The van der Waals surface area contributed by atoms with E-state index in [1.165, 1.54) is 0 Å². The van der Waals surface area contributed by atoms with Gasteiger partial charge in [0.25, 0.3) is 0 Å². The second-order valence-corrected chi connectivity index (χ2v) is 4.93. The van der Waals surface area contributed by atoms with E-state index in [2.05, 4.69) is 26.1 Å². The monoisotopic (exact) mass is 255 g/mol. The molecule has 0 fully saturated rings. The van der Waals surface area contributed by atoms with Gasteiger partial charge in [0.15, 0.2) is 0 Å². The van der Waals surface area contributed by atoms with Crippen LogP contribution in [0.15, 0.2) is 24.3 Å². The van der Waals surface area contributed by atoms with Crippen LogP contribution in [-0.2, 0) is 0 Å². The first-order valence-electron chi connectivity index (χ1n) is 6.28. The van der Waals surface area contributed by atoms with Gasteiger partial charge in [0.1, 0.15) is 11.9 Å². The van der Waals surface area contributed by atoms with Gasteiger partial charge >= 0.3 is 0 Å². The molecule has 0 saturated carbocycles. The molecular formula is C14H22ClNO. The topological polar surface area (TPSA) is 21.3 Å². The molecule has 0 aliphatic carbocycles. The van der Waals surface area contributed by atoms with E-state index in [0.717, 1.165) is 25.1 Å². The Bertz CT molecular complexity index is 328. The molecule has 0 aliphatic heterocycles. The fourth-order valence-corrected chi connectivity index (χ4v) is 1.79.